The van der Waals surface area contributed by atoms with Crippen LogP contribution in [0.1, 0.15) is 511 Å². The van der Waals surface area contributed by atoms with Gasteiger partial charge in [0, 0.05) is 103 Å². The van der Waals surface area contributed by atoms with Gasteiger partial charge in [0.25, 0.3) is 0 Å². The Morgan fingerprint density at radius 2 is 0.329 bits per heavy atom. The van der Waals surface area contributed by atoms with E-state index in [2.05, 4.69) is 198 Å². The number of ketones is 7. The molecule has 7 unspecified atom stereocenters. The summed E-state index contributed by atoms with van der Waals surface area (Å²) in [5.74, 6) is -11.3. The van der Waals surface area contributed by atoms with Crippen molar-refractivity contribution in [3.8, 4) is 0 Å². The highest BCUT2D eigenvalue weighted by atomic mass is 32.1. The first kappa shape index (κ1) is 154. The van der Waals surface area contributed by atoms with Gasteiger partial charge in [-0.1, -0.05) is 350 Å². The topological polar surface area (TPSA) is 467 Å². The number of isothiocyanates is 7. The second-order valence-electron chi connectivity index (χ2n) is 38.6. The summed E-state index contributed by atoms with van der Waals surface area (Å²) < 4.78 is 0. The number of aliphatic imine (C=N–C) groups is 7. The van der Waals surface area contributed by atoms with E-state index in [0.717, 1.165) is 109 Å². The van der Waals surface area contributed by atoms with E-state index < -0.39 is 83.2 Å². The predicted molar refractivity (Wildman–Crippen MR) is 624 cm³/mol. The zero-order valence-electron chi connectivity index (χ0n) is 92.2. The number of nitrogens with zero attached hydrogens (tertiary/aromatic N) is 7. The molecule has 0 fully saturated rings. The average Bonchev–Trinajstić information content (AvgIpc) is 1.01. The summed E-state index contributed by atoms with van der Waals surface area (Å²) in [6.07, 6.45) is 69.9. The standard InChI is InChI=1S/C20H35NO3S.C19H33NO3S.C18H31NO3S.2C17H29NO3S.C15H25NO3S.C8H11NO3S/c1-2-3-4-5-6-7-8-9-10-14-19(22)16-18(20(23)24)13-11-12-15-21-17-25;1-2-3-4-5-6-7-8-9-10-13-18(21)15-17(19(22)23)12-11-14-20-16-24;1-2-3-4-5-6-7-8-9-10-11-17(20)14-16(18(21)22)12-13-19-15-23;2*1-2-3-4-5-6-7-8-9-10-11-16(19)12-15(17(20)21)13-18-14-22;1-2-3-4-5-6-7-8-9-14(17)10-13(15(18)19)11-16-12-20;1-2-7(10)3-6(8(11)12)4-9-5-13/h18H,2-16H2,1H3,(H,23,24);17H,2-15H2,1H3,(H,22,23);16H,2-14H2,1H3,(H,21,22);2*15H,2-13H2,1H3,(H,20,21);13H,2-11H2,1H3,(H,18,19);6H,2-4H2,1H3,(H,11,12). The van der Waals surface area contributed by atoms with Crippen molar-refractivity contribution in [2.24, 2.45) is 76.4 Å². The van der Waals surface area contributed by atoms with Crippen LogP contribution in [0.25, 0.3) is 0 Å². The van der Waals surface area contributed by atoms with Crippen LogP contribution < -0.4 is 0 Å². The predicted octanol–water partition coefficient (Wildman–Crippen LogP) is 30.7. The van der Waals surface area contributed by atoms with E-state index in [1.54, 1.807) is 6.92 Å². The summed E-state index contributed by atoms with van der Waals surface area (Å²) in [6, 6.07) is 0. The van der Waals surface area contributed by atoms with Crippen molar-refractivity contribution in [3.05, 3.63) is 0 Å². The summed E-state index contributed by atoms with van der Waals surface area (Å²) in [4.78, 5) is 185. The fourth-order valence-electron chi connectivity index (χ4n) is 15.9. The number of Topliss-reactive ketones (excluding diaryl/α,β-unsaturated/α-hetero) is 7. The Morgan fingerprint density at radius 1 is 0.174 bits per heavy atom. The molecule has 7 N–H and O–H groups in total. The number of unbranched alkanes of at least 4 members (excludes halogenated alkanes) is 47. The molecule has 0 bridgehead atoms. The first-order chi connectivity index (χ1) is 71.8. The van der Waals surface area contributed by atoms with Crippen molar-refractivity contribution in [3.63, 3.8) is 0 Å². The SMILES string of the molecule is CCC(=O)CC(CN=C=S)C(=O)O.CCCCCCCCCC(=O)CC(CN=C=S)C(=O)O.CCCCCCCCCCCC(=O)CC(CCCCN=C=S)C(=O)O.CCCCCCCCCCCC(=O)CC(CCCN=C=S)C(=O)O.CCCCCCCCCCCC(=O)CC(CCN=C=S)C(=O)O.CCCCCCCCCCCC(=O)CC(CN=C=S)C(=O)O.CCCCCCCCCCCC(=O)CC(CN=C=S)C(=O)O. The molecular weight excluding hydrogens is 2030 g/mol. The van der Waals surface area contributed by atoms with E-state index in [4.69, 9.17) is 25.5 Å². The zero-order valence-corrected chi connectivity index (χ0v) is 98.0. The summed E-state index contributed by atoms with van der Waals surface area (Å²) in [5.41, 5.74) is 0. The maximum atomic E-state index is 12.0. The van der Waals surface area contributed by atoms with Crippen LogP contribution in [0.4, 0.5) is 0 Å². The van der Waals surface area contributed by atoms with Crippen LogP contribution in [0.5, 0.6) is 0 Å². The lowest BCUT2D eigenvalue weighted by Gasteiger charge is -2.11. The molecule has 0 aromatic heterocycles. The normalized spacial score (nSPS) is 11.7. The molecule has 0 spiro atoms. The van der Waals surface area contributed by atoms with Crippen LogP contribution >= 0.6 is 85.5 Å². The molecule has 35 heteroatoms. The fourth-order valence-corrected chi connectivity index (χ4v) is 16.5. The Hall–Kier alpha value is -7.42. The molecule has 0 aromatic rings. The second kappa shape index (κ2) is 124. The smallest absolute Gasteiger partial charge is 0.308 e. The van der Waals surface area contributed by atoms with Crippen molar-refractivity contribution in [2.45, 2.75) is 511 Å². The lowest BCUT2D eigenvalue weighted by Crippen LogP contribution is -2.20. The molecule has 0 saturated carbocycles. The summed E-state index contributed by atoms with van der Waals surface area (Å²) >= 11 is 31.0. The third-order valence-electron chi connectivity index (χ3n) is 25.2. The van der Waals surface area contributed by atoms with Gasteiger partial charge in [-0.2, -0.15) is 0 Å². The quantitative estimate of drug-likeness (QED) is 0.0169. The minimum atomic E-state index is -1.02. The van der Waals surface area contributed by atoms with Gasteiger partial charge in [-0.15, -0.1) is 0 Å². The number of carboxylic acids is 7. The van der Waals surface area contributed by atoms with Gasteiger partial charge in [-0.25, -0.2) is 34.9 Å². The number of aliphatic carboxylic acids is 7. The largest absolute Gasteiger partial charge is 0.481 e. The number of hydrogen-bond acceptors (Lipinski definition) is 28. The molecule has 0 aliphatic carbocycles. The first-order valence-corrected chi connectivity index (χ1v) is 59.1. The fraction of sp³-hybridized carbons (Fsp3) is 0.816. The molecule has 0 saturated heterocycles. The number of rotatable bonds is 100. The summed E-state index contributed by atoms with van der Waals surface area (Å²) in [5, 5.41) is 78.5. The van der Waals surface area contributed by atoms with Gasteiger partial charge >= 0.3 is 41.8 Å². The number of carboxylic acid groups (broad SMARTS) is 7. The van der Waals surface area contributed by atoms with Crippen molar-refractivity contribution in [1.29, 1.82) is 0 Å². The minimum Gasteiger partial charge on any atom is -0.481 e. The van der Waals surface area contributed by atoms with E-state index in [0.29, 0.717) is 90.3 Å². The van der Waals surface area contributed by atoms with E-state index >= 15 is 0 Å². The maximum absolute atomic E-state index is 12.0. The van der Waals surface area contributed by atoms with E-state index in [1.807, 2.05) is 0 Å². The summed E-state index contributed by atoms with van der Waals surface area (Å²) in [7, 11) is 0. The summed E-state index contributed by atoms with van der Waals surface area (Å²) in [6.45, 7) is 16.5. The van der Waals surface area contributed by atoms with E-state index in [-0.39, 0.29) is 112 Å². The van der Waals surface area contributed by atoms with Crippen LogP contribution in [-0.2, 0) is 67.1 Å². The number of carbonyl (C=O) groups excluding carboxylic acids is 7. The van der Waals surface area contributed by atoms with Gasteiger partial charge in [0.1, 0.15) is 40.5 Å². The van der Waals surface area contributed by atoms with Gasteiger partial charge < -0.3 is 35.7 Å². The highest BCUT2D eigenvalue weighted by Crippen LogP contribution is 2.24. The zero-order chi connectivity index (χ0) is 113. The molecule has 0 aliphatic heterocycles. The van der Waals surface area contributed by atoms with Gasteiger partial charge in [0.05, 0.1) is 110 Å². The van der Waals surface area contributed by atoms with Crippen molar-refractivity contribution < 1.29 is 103 Å². The minimum absolute atomic E-state index is 0.00512. The third-order valence-corrected chi connectivity index (χ3v) is 26.1. The number of thiocarbonyl (C=S) groups is 7. The third kappa shape index (κ3) is 122. The molecule has 28 nitrogen and oxygen atoms in total. The van der Waals surface area contributed by atoms with E-state index in [9.17, 15) is 77.3 Å². The molecule has 0 amide bonds. The van der Waals surface area contributed by atoms with Crippen molar-refractivity contribution in [2.75, 3.05) is 45.8 Å². The molecule has 0 heterocycles. The Kier molecular flexibility index (Phi) is 129. The van der Waals surface area contributed by atoms with Gasteiger partial charge in [-0.05, 0) is 156 Å². The van der Waals surface area contributed by atoms with Crippen LogP contribution in [0.15, 0.2) is 34.9 Å². The molecule has 0 radical (unpaired) electrons. The number of carbonyl (C=O) groups is 14. The second-order valence-corrected chi connectivity index (χ2v) is 39.9. The van der Waals surface area contributed by atoms with Gasteiger partial charge in [0.15, 0.2) is 0 Å². The monoisotopic (exact) mass is 2220 g/mol. The average molecular weight is 2220 g/mol. The Morgan fingerprint density at radius 3 is 0.510 bits per heavy atom. The van der Waals surface area contributed by atoms with Gasteiger partial charge in [-0.3, -0.25) is 67.1 Å². The molecule has 0 aliphatic rings. The maximum Gasteiger partial charge on any atom is 0.308 e. The highest BCUT2D eigenvalue weighted by molar-refractivity contribution is 7.79. The molecule has 852 valence electrons. The van der Waals surface area contributed by atoms with Crippen molar-refractivity contribution >= 4 is 204 Å². The number of hydrogen-bond donors (Lipinski definition) is 7. The van der Waals surface area contributed by atoms with Gasteiger partial charge in [0.2, 0.25) is 0 Å². The first-order valence-electron chi connectivity index (χ1n) is 56.3. The van der Waals surface area contributed by atoms with Crippen LogP contribution in [0, 0.1) is 41.4 Å². The van der Waals surface area contributed by atoms with Crippen LogP contribution in [0.2, 0.25) is 0 Å². The molecule has 0 aromatic carbocycles. The molecule has 149 heavy (non-hydrogen) atoms. The Bertz CT molecular complexity index is 3760. The molecule has 0 rings (SSSR count). The molecule has 7 atom stereocenters. The molecular formula is C114H193N7O21S7. The van der Waals surface area contributed by atoms with Crippen LogP contribution in [-0.4, -0.2) is 200 Å². The lowest BCUT2D eigenvalue weighted by atomic mass is 9.94. The lowest BCUT2D eigenvalue weighted by molar-refractivity contribution is -0.144. The van der Waals surface area contributed by atoms with Crippen LogP contribution in [0.3, 0.4) is 0 Å². The Balaban J connectivity index is -0.000000318. The Labute approximate surface area is 933 Å². The van der Waals surface area contributed by atoms with Crippen molar-refractivity contribution in [1.82, 2.24) is 0 Å². The van der Waals surface area contributed by atoms with E-state index in [1.165, 1.54) is 238 Å². The highest BCUT2D eigenvalue weighted by Gasteiger charge is 2.27.